The van der Waals surface area contributed by atoms with Crippen molar-refractivity contribution >= 4 is 39.1 Å². The van der Waals surface area contributed by atoms with Crippen LogP contribution in [0.25, 0.3) is 44.2 Å². The molecule has 0 unspecified atom stereocenters. The van der Waals surface area contributed by atoms with Gasteiger partial charge in [0.1, 0.15) is 11.2 Å². The van der Waals surface area contributed by atoms with E-state index in [4.69, 9.17) is 19.0 Å². The topological polar surface area (TPSA) is 140 Å². The first-order chi connectivity index (χ1) is 18.4. The Hall–Kier alpha value is -4.47. The van der Waals surface area contributed by atoms with E-state index in [1.165, 1.54) is 32.1 Å². The van der Waals surface area contributed by atoms with Crippen LogP contribution >= 0.6 is 0 Å². The van der Waals surface area contributed by atoms with E-state index in [0.717, 1.165) is 31.1 Å². The predicted octanol–water partition coefficient (Wildman–Crippen LogP) is 4.95. The Kier molecular flexibility index (Phi) is 5.94. The zero-order valence-electron chi connectivity index (χ0n) is 20.8. The van der Waals surface area contributed by atoms with Crippen LogP contribution in [0.3, 0.4) is 0 Å². The van der Waals surface area contributed by atoms with Crippen molar-refractivity contribution in [2.45, 2.75) is 44.6 Å². The lowest BCUT2D eigenvalue weighted by atomic mass is 10.0. The number of hydrogen-bond donors (Lipinski definition) is 3. The number of aliphatic carboxylic acids is 1. The van der Waals surface area contributed by atoms with Crippen LogP contribution in [-0.2, 0) is 4.79 Å². The van der Waals surface area contributed by atoms with Gasteiger partial charge in [-0.25, -0.2) is 4.79 Å². The van der Waals surface area contributed by atoms with Crippen molar-refractivity contribution < 1.29 is 23.8 Å². The zero-order chi connectivity index (χ0) is 26.4. The molecule has 2 aromatic carbocycles. The quantitative estimate of drug-likeness (QED) is 0.271. The van der Waals surface area contributed by atoms with E-state index in [2.05, 4.69) is 10.1 Å². The summed E-state index contributed by atoms with van der Waals surface area (Å²) in [5, 5.41) is 13.2. The minimum Gasteiger partial charge on any atom is -0.493 e. The lowest BCUT2D eigenvalue weighted by Gasteiger charge is -2.17. The number of hydrogen-bond acceptors (Lipinski definition) is 6. The lowest BCUT2D eigenvalue weighted by molar-refractivity contribution is -0.139. The van der Waals surface area contributed by atoms with Crippen molar-refractivity contribution in [1.82, 2.24) is 14.8 Å². The Bertz CT molecular complexity index is 1800. The number of carbonyl (C=O) groups is 1. The van der Waals surface area contributed by atoms with Gasteiger partial charge in [0, 0.05) is 17.0 Å². The maximum absolute atomic E-state index is 13.5. The molecule has 1 aliphatic carbocycles. The molecule has 0 radical (unpaired) electrons. The van der Waals surface area contributed by atoms with Crippen molar-refractivity contribution in [3.63, 3.8) is 0 Å². The van der Waals surface area contributed by atoms with Crippen LogP contribution in [0.1, 0.15) is 44.6 Å². The van der Waals surface area contributed by atoms with E-state index in [9.17, 15) is 14.4 Å². The second-order valence-corrected chi connectivity index (χ2v) is 9.69. The molecular formula is C28H27N3O7. The summed E-state index contributed by atoms with van der Waals surface area (Å²) >= 11 is 0. The molecule has 6 rings (SSSR count). The van der Waals surface area contributed by atoms with E-state index in [0.29, 0.717) is 44.6 Å². The van der Waals surface area contributed by atoms with Gasteiger partial charge in [-0.1, -0.05) is 31.7 Å². The predicted molar refractivity (Wildman–Crippen MR) is 142 cm³/mol. The molecule has 0 atom stereocenters. The van der Waals surface area contributed by atoms with Crippen LogP contribution in [0, 0.1) is 0 Å². The summed E-state index contributed by atoms with van der Waals surface area (Å²) in [5.74, 6) is -0.529. The molecular weight excluding hydrogens is 490 g/mol. The Morgan fingerprint density at radius 2 is 1.87 bits per heavy atom. The number of carboxylic acid groups (broad SMARTS) is 1. The number of pyridine rings is 1. The third-order valence-corrected chi connectivity index (χ3v) is 7.30. The third kappa shape index (κ3) is 4.02. The average Bonchev–Trinajstić information content (AvgIpc) is 3.28. The largest absolute Gasteiger partial charge is 0.493 e. The number of nitrogens with zero attached hydrogens (tertiary/aromatic N) is 1. The number of fused-ring (bicyclic) bond motifs is 4. The summed E-state index contributed by atoms with van der Waals surface area (Å²) in [6.45, 7) is -0.518. The fourth-order valence-corrected chi connectivity index (χ4v) is 5.56. The smallest absolute Gasteiger partial charge is 0.341 e. The molecule has 10 nitrogen and oxygen atoms in total. The number of aromatic nitrogens is 3. The molecule has 5 aromatic rings. The van der Waals surface area contributed by atoms with Crippen LogP contribution in [0.15, 0.2) is 50.4 Å². The van der Waals surface area contributed by atoms with Gasteiger partial charge < -0.3 is 24.0 Å². The van der Waals surface area contributed by atoms with Crippen molar-refractivity contribution in [2.24, 2.45) is 0 Å². The molecule has 38 heavy (non-hydrogen) atoms. The molecule has 1 fully saturated rings. The van der Waals surface area contributed by atoms with Gasteiger partial charge in [0.05, 0.1) is 24.1 Å². The van der Waals surface area contributed by atoms with Gasteiger partial charge in [0.15, 0.2) is 29.1 Å². The third-order valence-electron chi connectivity index (χ3n) is 7.30. The maximum Gasteiger partial charge on any atom is 0.341 e. The van der Waals surface area contributed by atoms with Crippen LogP contribution in [-0.4, -0.2) is 39.6 Å². The van der Waals surface area contributed by atoms with Gasteiger partial charge in [0.2, 0.25) is 0 Å². The van der Waals surface area contributed by atoms with Gasteiger partial charge in [-0.3, -0.25) is 19.4 Å². The fraction of sp³-hybridized carbons (Fsp3) is 0.321. The van der Waals surface area contributed by atoms with Gasteiger partial charge in [0.25, 0.3) is 5.56 Å². The van der Waals surface area contributed by atoms with Gasteiger partial charge in [-0.2, -0.15) is 0 Å². The van der Waals surface area contributed by atoms with Crippen LogP contribution < -0.4 is 20.5 Å². The van der Waals surface area contributed by atoms with Crippen molar-refractivity contribution in [3.05, 3.63) is 57.0 Å². The van der Waals surface area contributed by atoms with Crippen LogP contribution in [0.5, 0.6) is 11.5 Å². The van der Waals surface area contributed by atoms with Gasteiger partial charge in [-0.15, -0.1) is 0 Å². The van der Waals surface area contributed by atoms with E-state index in [1.54, 1.807) is 24.3 Å². The first-order valence-electron chi connectivity index (χ1n) is 12.7. The molecule has 3 heterocycles. The van der Waals surface area contributed by atoms with Crippen molar-refractivity contribution in [3.8, 4) is 22.6 Å². The number of benzene rings is 2. The average molecular weight is 518 g/mol. The number of furan rings is 1. The van der Waals surface area contributed by atoms with E-state index in [-0.39, 0.29) is 22.8 Å². The fourth-order valence-electron chi connectivity index (χ4n) is 5.56. The Morgan fingerprint density at radius 3 is 2.61 bits per heavy atom. The molecule has 196 valence electrons. The van der Waals surface area contributed by atoms with Crippen LogP contribution in [0.2, 0.25) is 0 Å². The number of aromatic amines is 2. The highest BCUT2D eigenvalue weighted by molar-refractivity contribution is 6.14. The first-order valence-corrected chi connectivity index (χ1v) is 12.7. The van der Waals surface area contributed by atoms with Crippen molar-refractivity contribution in [2.75, 3.05) is 13.7 Å². The molecule has 0 amide bonds. The summed E-state index contributed by atoms with van der Waals surface area (Å²) < 4.78 is 19.0. The second-order valence-electron chi connectivity index (χ2n) is 9.69. The maximum atomic E-state index is 13.5. The minimum atomic E-state index is -1.11. The van der Waals surface area contributed by atoms with Gasteiger partial charge in [-0.05, 0) is 42.7 Å². The molecule has 3 aromatic heterocycles. The van der Waals surface area contributed by atoms with Crippen LogP contribution in [0.4, 0.5) is 0 Å². The normalized spacial score (nSPS) is 14.8. The summed E-state index contributed by atoms with van der Waals surface area (Å²) in [7, 11) is 1.46. The summed E-state index contributed by atoms with van der Waals surface area (Å²) in [5.41, 5.74) is 2.93. The molecule has 3 N–H and O–H groups in total. The molecule has 0 aliphatic heterocycles. The first kappa shape index (κ1) is 23.9. The molecule has 1 aliphatic rings. The van der Waals surface area contributed by atoms with Crippen molar-refractivity contribution in [1.29, 1.82) is 0 Å². The minimum absolute atomic E-state index is 0.150. The highest BCUT2D eigenvalue weighted by atomic mass is 16.5. The summed E-state index contributed by atoms with van der Waals surface area (Å²) in [6.07, 6.45) is 6.49. The molecule has 1 saturated carbocycles. The lowest BCUT2D eigenvalue weighted by Crippen LogP contribution is -2.13. The number of nitrogens with one attached hydrogen (secondary N) is 2. The SMILES string of the molecule is COc1cc(-c2c3oc4cc(=O)ccc4c3[nH]c3c2c(=O)[nH]n3C2CCCCCC2)ccc1OCC(=O)O. The van der Waals surface area contributed by atoms with E-state index < -0.39 is 12.6 Å². The number of rotatable bonds is 6. The number of carboxylic acids is 1. The standard InChI is InChI=1S/C28H27N3O7/c1-36-21-12-15(8-11-19(21)37-14-22(33)34)23-24-27(31(30-28(24)35)16-6-4-2-3-5-7-16)29-25-18-10-9-17(32)13-20(18)38-26(23)25/h8-13,16,29H,2-7,14H2,1H3,(H,30,35)(H,33,34). The summed E-state index contributed by atoms with van der Waals surface area (Å²) in [6, 6.07) is 9.84. The van der Waals surface area contributed by atoms with E-state index >= 15 is 0 Å². The number of H-pyrrole nitrogens is 2. The second kappa shape index (κ2) is 9.44. The zero-order valence-corrected chi connectivity index (χ0v) is 20.8. The highest BCUT2D eigenvalue weighted by Gasteiger charge is 2.25. The Labute approximate surface area is 215 Å². The summed E-state index contributed by atoms with van der Waals surface area (Å²) in [4.78, 5) is 40.1. The molecule has 0 bridgehead atoms. The molecule has 0 saturated heterocycles. The Balaban J connectivity index is 1.65. The highest BCUT2D eigenvalue weighted by Crippen LogP contribution is 2.41. The van der Waals surface area contributed by atoms with E-state index in [1.807, 2.05) is 4.68 Å². The molecule has 10 heteroatoms. The molecule has 0 spiro atoms. The monoisotopic (exact) mass is 517 g/mol. The number of methoxy groups -OCH3 is 1. The Morgan fingerprint density at radius 1 is 1.08 bits per heavy atom. The number of ether oxygens (including phenoxy) is 2. The van der Waals surface area contributed by atoms with Gasteiger partial charge >= 0.3 is 5.97 Å².